The largest absolute Gasteiger partial charge is 0.489 e. The number of guanidine groups is 1. The summed E-state index contributed by atoms with van der Waals surface area (Å²) in [6, 6.07) is 11.7. The number of nitrogens with zero attached hydrogens (tertiary/aromatic N) is 2. The maximum atomic E-state index is 13.3. The summed E-state index contributed by atoms with van der Waals surface area (Å²) in [5, 5.41) is 6.41. The van der Waals surface area contributed by atoms with Crippen molar-refractivity contribution in [2.45, 2.75) is 26.0 Å². The Kier molecular flexibility index (Phi) is 7.67. The van der Waals surface area contributed by atoms with E-state index in [-0.39, 0.29) is 11.9 Å². The lowest BCUT2D eigenvalue weighted by molar-refractivity contribution is 0.198. The van der Waals surface area contributed by atoms with Crippen molar-refractivity contribution in [3.8, 4) is 11.6 Å². The van der Waals surface area contributed by atoms with Gasteiger partial charge < -0.3 is 20.1 Å². The molecule has 1 unspecified atom stereocenters. The van der Waals surface area contributed by atoms with Crippen molar-refractivity contribution in [2.24, 2.45) is 4.99 Å². The van der Waals surface area contributed by atoms with E-state index in [2.05, 4.69) is 20.6 Å². The Bertz CT molecular complexity index is 724. The minimum absolute atomic E-state index is 0.106. The zero-order valence-corrected chi connectivity index (χ0v) is 15.3. The van der Waals surface area contributed by atoms with Gasteiger partial charge in [0.25, 0.3) is 0 Å². The van der Waals surface area contributed by atoms with Crippen LogP contribution in [-0.2, 0) is 6.54 Å². The number of methoxy groups -OCH3 is 1. The quantitative estimate of drug-likeness (QED) is 0.560. The van der Waals surface area contributed by atoms with Gasteiger partial charge in [0.15, 0.2) is 5.96 Å². The SMILES string of the molecule is CCC(CNC(=NC)NCc1cccc(OC)n1)Oc1cccc(F)c1. The lowest BCUT2D eigenvalue weighted by Crippen LogP contribution is -2.42. The number of pyridine rings is 1. The molecular weight excluding hydrogens is 335 g/mol. The van der Waals surface area contributed by atoms with E-state index in [1.807, 2.05) is 19.1 Å². The van der Waals surface area contributed by atoms with Crippen molar-refractivity contribution in [3.05, 3.63) is 54.0 Å². The number of hydrogen-bond donors (Lipinski definition) is 2. The van der Waals surface area contributed by atoms with Crippen LogP contribution in [0.15, 0.2) is 47.5 Å². The standard InChI is InChI=1S/C19H25FN4O2/c1-4-16(26-17-9-5-7-14(20)11-17)13-23-19(21-2)22-12-15-8-6-10-18(24-15)25-3/h5-11,16H,4,12-13H2,1-3H3,(H2,21,22,23). The second-order valence-corrected chi connectivity index (χ2v) is 5.58. The van der Waals surface area contributed by atoms with Crippen LogP contribution in [-0.4, -0.2) is 37.7 Å². The van der Waals surface area contributed by atoms with E-state index in [0.29, 0.717) is 30.7 Å². The van der Waals surface area contributed by atoms with Crippen LogP contribution in [0.25, 0.3) is 0 Å². The molecule has 2 aromatic rings. The molecule has 0 bridgehead atoms. The molecule has 0 spiro atoms. The predicted octanol–water partition coefficient (Wildman–Crippen LogP) is 2.75. The first kappa shape index (κ1) is 19.5. The number of nitrogens with one attached hydrogen (secondary N) is 2. The van der Waals surface area contributed by atoms with E-state index in [1.54, 1.807) is 32.4 Å². The van der Waals surface area contributed by atoms with E-state index >= 15 is 0 Å². The zero-order valence-electron chi connectivity index (χ0n) is 15.3. The second kappa shape index (κ2) is 10.2. The van der Waals surface area contributed by atoms with Gasteiger partial charge in [0.1, 0.15) is 17.7 Å². The fraction of sp³-hybridized carbons (Fsp3) is 0.368. The lowest BCUT2D eigenvalue weighted by Gasteiger charge is -2.20. The van der Waals surface area contributed by atoms with E-state index in [1.165, 1.54) is 12.1 Å². The summed E-state index contributed by atoms with van der Waals surface area (Å²) in [6.07, 6.45) is 0.670. The van der Waals surface area contributed by atoms with Crippen LogP contribution in [0.4, 0.5) is 4.39 Å². The van der Waals surface area contributed by atoms with Gasteiger partial charge in [0.2, 0.25) is 5.88 Å². The Hall–Kier alpha value is -2.83. The predicted molar refractivity (Wildman–Crippen MR) is 100 cm³/mol. The van der Waals surface area contributed by atoms with Gasteiger partial charge >= 0.3 is 0 Å². The van der Waals surface area contributed by atoms with E-state index < -0.39 is 0 Å². The van der Waals surface area contributed by atoms with Gasteiger partial charge in [0.05, 0.1) is 25.9 Å². The van der Waals surface area contributed by atoms with E-state index in [0.717, 1.165) is 12.1 Å². The van der Waals surface area contributed by atoms with Crippen LogP contribution in [0.5, 0.6) is 11.6 Å². The molecule has 1 atom stereocenters. The summed E-state index contributed by atoms with van der Waals surface area (Å²) in [6.45, 7) is 3.07. The minimum atomic E-state index is -0.312. The first-order valence-corrected chi connectivity index (χ1v) is 8.51. The molecule has 140 valence electrons. The number of ether oxygens (including phenoxy) is 2. The third-order valence-corrected chi connectivity index (χ3v) is 3.70. The number of aromatic nitrogens is 1. The molecule has 0 aliphatic rings. The molecule has 0 saturated heterocycles. The van der Waals surface area contributed by atoms with Crippen molar-refractivity contribution < 1.29 is 13.9 Å². The fourth-order valence-electron chi connectivity index (χ4n) is 2.28. The number of benzene rings is 1. The van der Waals surface area contributed by atoms with Gasteiger partial charge in [0, 0.05) is 19.2 Å². The smallest absolute Gasteiger partial charge is 0.213 e. The number of hydrogen-bond acceptors (Lipinski definition) is 4. The fourth-order valence-corrected chi connectivity index (χ4v) is 2.28. The van der Waals surface area contributed by atoms with E-state index in [4.69, 9.17) is 9.47 Å². The van der Waals surface area contributed by atoms with Gasteiger partial charge in [-0.1, -0.05) is 19.1 Å². The molecule has 1 aromatic carbocycles. The normalized spacial score (nSPS) is 12.4. The van der Waals surface area contributed by atoms with Crippen molar-refractivity contribution >= 4 is 5.96 Å². The molecule has 0 saturated carbocycles. The topological polar surface area (TPSA) is 67.8 Å². The maximum Gasteiger partial charge on any atom is 0.213 e. The Labute approximate surface area is 153 Å². The van der Waals surface area contributed by atoms with Crippen LogP contribution in [0.3, 0.4) is 0 Å². The highest BCUT2D eigenvalue weighted by atomic mass is 19.1. The first-order valence-electron chi connectivity index (χ1n) is 8.51. The molecule has 1 heterocycles. The molecule has 0 aliphatic heterocycles. The molecule has 0 fully saturated rings. The Morgan fingerprint density at radius 3 is 2.73 bits per heavy atom. The molecule has 26 heavy (non-hydrogen) atoms. The summed E-state index contributed by atoms with van der Waals surface area (Å²) < 4.78 is 24.2. The summed E-state index contributed by atoms with van der Waals surface area (Å²) in [4.78, 5) is 8.54. The van der Waals surface area contributed by atoms with Gasteiger partial charge in [-0.05, 0) is 24.6 Å². The molecule has 0 amide bonds. The van der Waals surface area contributed by atoms with Gasteiger partial charge in [-0.15, -0.1) is 0 Å². The van der Waals surface area contributed by atoms with Gasteiger partial charge in [-0.25, -0.2) is 9.37 Å². The number of rotatable bonds is 8. The van der Waals surface area contributed by atoms with Crippen molar-refractivity contribution in [1.29, 1.82) is 0 Å². The Morgan fingerprint density at radius 1 is 1.23 bits per heavy atom. The highest BCUT2D eigenvalue weighted by Crippen LogP contribution is 2.14. The van der Waals surface area contributed by atoms with Crippen molar-refractivity contribution in [3.63, 3.8) is 0 Å². The minimum Gasteiger partial charge on any atom is -0.489 e. The molecule has 1 aromatic heterocycles. The first-order chi connectivity index (χ1) is 12.6. The van der Waals surface area contributed by atoms with Crippen LogP contribution in [0.2, 0.25) is 0 Å². The molecular formula is C19H25FN4O2. The van der Waals surface area contributed by atoms with Crippen LogP contribution >= 0.6 is 0 Å². The summed E-state index contributed by atoms with van der Waals surface area (Å²) >= 11 is 0. The average molecular weight is 360 g/mol. The molecule has 6 nitrogen and oxygen atoms in total. The Morgan fingerprint density at radius 2 is 2.04 bits per heavy atom. The van der Waals surface area contributed by atoms with E-state index in [9.17, 15) is 4.39 Å². The third-order valence-electron chi connectivity index (χ3n) is 3.70. The molecule has 0 aliphatic carbocycles. The van der Waals surface area contributed by atoms with Gasteiger partial charge in [-0.2, -0.15) is 0 Å². The molecule has 2 rings (SSSR count). The zero-order chi connectivity index (χ0) is 18.8. The highest BCUT2D eigenvalue weighted by molar-refractivity contribution is 5.79. The summed E-state index contributed by atoms with van der Waals surface area (Å²) in [5.41, 5.74) is 0.843. The highest BCUT2D eigenvalue weighted by Gasteiger charge is 2.10. The average Bonchev–Trinajstić information content (AvgIpc) is 2.67. The number of aliphatic imine (C=N–C) groups is 1. The van der Waals surface area contributed by atoms with Crippen molar-refractivity contribution in [1.82, 2.24) is 15.6 Å². The number of halogens is 1. The second-order valence-electron chi connectivity index (χ2n) is 5.58. The van der Waals surface area contributed by atoms with Crippen LogP contribution < -0.4 is 20.1 Å². The third kappa shape index (κ3) is 6.23. The van der Waals surface area contributed by atoms with Crippen LogP contribution in [0, 0.1) is 5.82 Å². The van der Waals surface area contributed by atoms with Crippen molar-refractivity contribution in [2.75, 3.05) is 20.7 Å². The molecule has 7 heteroatoms. The maximum absolute atomic E-state index is 13.3. The van der Waals surface area contributed by atoms with Gasteiger partial charge in [-0.3, -0.25) is 4.99 Å². The monoisotopic (exact) mass is 360 g/mol. The lowest BCUT2D eigenvalue weighted by atomic mass is 10.2. The summed E-state index contributed by atoms with van der Waals surface area (Å²) in [7, 11) is 3.28. The molecule has 0 radical (unpaired) electrons. The molecule has 2 N–H and O–H groups in total. The summed E-state index contributed by atoms with van der Waals surface area (Å²) in [5.74, 6) is 1.41. The van der Waals surface area contributed by atoms with Crippen LogP contribution in [0.1, 0.15) is 19.0 Å². The Balaban J connectivity index is 1.84.